The van der Waals surface area contributed by atoms with Gasteiger partial charge in [-0.25, -0.2) is 0 Å². The zero-order valence-corrected chi connectivity index (χ0v) is 24.4. The Kier molecular flexibility index (Phi) is 7.06. The summed E-state index contributed by atoms with van der Waals surface area (Å²) in [6.45, 7) is 0. The van der Waals surface area contributed by atoms with Crippen molar-refractivity contribution in [3.8, 4) is 47.0 Å². The minimum Gasteiger partial charge on any atom is -0.497 e. The molecule has 0 aliphatic heterocycles. The average molecular weight is 563 g/mol. The standard InChI is InChI=1S/C42H26O2/c1-43-38-25-27-40(44-2)37(28-38)23-17-32-11-6-4-9-30(32)15-14-29-8-3-5-10-31(29)16-18-33-19-20-36-22-21-34-12-7-13-35-24-26-39(33)42(36)41(34)35/h3-13,19-22,24-28H,1-2H3. The van der Waals surface area contributed by atoms with E-state index < -0.39 is 0 Å². The second-order valence-corrected chi connectivity index (χ2v) is 10.4. The lowest BCUT2D eigenvalue weighted by molar-refractivity contribution is 0.402. The Morgan fingerprint density at radius 1 is 0.386 bits per heavy atom. The first kappa shape index (κ1) is 26.7. The molecule has 2 heteroatoms. The Balaban J connectivity index is 1.25. The van der Waals surface area contributed by atoms with Gasteiger partial charge in [0.25, 0.3) is 0 Å². The predicted molar refractivity (Wildman–Crippen MR) is 181 cm³/mol. The van der Waals surface area contributed by atoms with Crippen LogP contribution in [0, 0.1) is 35.5 Å². The van der Waals surface area contributed by atoms with Crippen LogP contribution in [-0.4, -0.2) is 14.2 Å². The van der Waals surface area contributed by atoms with Crippen molar-refractivity contribution < 1.29 is 9.47 Å². The minimum absolute atomic E-state index is 0.694. The van der Waals surface area contributed by atoms with E-state index in [1.165, 1.54) is 32.3 Å². The van der Waals surface area contributed by atoms with Gasteiger partial charge in [-0.3, -0.25) is 0 Å². The SMILES string of the molecule is COc1ccc(OC)c(C#Cc2ccccc2C#Cc2ccccc2C#Cc2ccc3ccc4cccc5ccc2c3c45)c1. The van der Waals surface area contributed by atoms with E-state index in [4.69, 9.17) is 9.47 Å². The van der Waals surface area contributed by atoms with Crippen LogP contribution in [0.4, 0.5) is 0 Å². The summed E-state index contributed by atoms with van der Waals surface area (Å²) < 4.78 is 10.9. The van der Waals surface area contributed by atoms with E-state index >= 15 is 0 Å². The van der Waals surface area contributed by atoms with Crippen LogP contribution in [0.2, 0.25) is 0 Å². The second kappa shape index (κ2) is 11.6. The van der Waals surface area contributed by atoms with E-state index in [1.807, 2.05) is 66.7 Å². The van der Waals surface area contributed by atoms with Gasteiger partial charge in [0.05, 0.1) is 19.8 Å². The molecular weight excluding hydrogens is 536 g/mol. The monoisotopic (exact) mass is 562 g/mol. The van der Waals surface area contributed by atoms with Crippen LogP contribution in [0.1, 0.15) is 33.4 Å². The van der Waals surface area contributed by atoms with Crippen LogP contribution in [0.3, 0.4) is 0 Å². The topological polar surface area (TPSA) is 18.5 Å². The molecule has 0 bridgehead atoms. The fourth-order valence-corrected chi connectivity index (χ4v) is 5.56. The van der Waals surface area contributed by atoms with Crippen molar-refractivity contribution in [1.82, 2.24) is 0 Å². The Morgan fingerprint density at radius 3 is 1.45 bits per heavy atom. The van der Waals surface area contributed by atoms with Crippen molar-refractivity contribution in [3.63, 3.8) is 0 Å². The van der Waals surface area contributed by atoms with Gasteiger partial charge in [-0.2, -0.15) is 0 Å². The van der Waals surface area contributed by atoms with Gasteiger partial charge < -0.3 is 9.47 Å². The van der Waals surface area contributed by atoms with Gasteiger partial charge in [0.15, 0.2) is 0 Å². The lowest BCUT2D eigenvalue weighted by Crippen LogP contribution is -1.90. The molecule has 0 spiro atoms. The van der Waals surface area contributed by atoms with Crippen molar-refractivity contribution in [2.75, 3.05) is 14.2 Å². The molecule has 0 aliphatic rings. The molecule has 7 aromatic rings. The number of rotatable bonds is 2. The first-order valence-corrected chi connectivity index (χ1v) is 14.3. The second-order valence-electron chi connectivity index (χ2n) is 10.4. The number of benzene rings is 7. The fraction of sp³-hybridized carbons (Fsp3) is 0.0476. The van der Waals surface area contributed by atoms with Gasteiger partial charge in [-0.1, -0.05) is 108 Å². The fourth-order valence-electron chi connectivity index (χ4n) is 5.56. The molecule has 0 amide bonds. The summed E-state index contributed by atoms with van der Waals surface area (Å²) in [6, 6.07) is 41.0. The Labute approximate surface area is 257 Å². The molecule has 0 aromatic heterocycles. The molecule has 0 unspecified atom stereocenters. The third-order valence-electron chi connectivity index (χ3n) is 7.78. The summed E-state index contributed by atoms with van der Waals surface area (Å²) >= 11 is 0. The Hall–Kier alpha value is -6.14. The predicted octanol–water partition coefficient (Wildman–Crippen LogP) is 8.80. The number of methoxy groups -OCH3 is 2. The zero-order valence-electron chi connectivity index (χ0n) is 24.4. The van der Waals surface area contributed by atoms with E-state index in [2.05, 4.69) is 90.1 Å². The van der Waals surface area contributed by atoms with Crippen LogP contribution in [0.5, 0.6) is 11.5 Å². The van der Waals surface area contributed by atoms with Crippen LogP contribution >= 0.6 is 0 Å². The van der Waals surface area contributed by atoms with Gasteiger partial charge in [0, 0.05) is 27.8 Å². The highest BCUT2D eigenvalue weighted by atomic mass is 16.5. The highest BCUT2D eigenvalue weighted by molar-refractivity contribution is 6.23. The Bertz CT molecular complexity index is 2360. The molecule has 0 saturated carbocycles. The van der Waals surface area contributed by atoms with Crippen LogP contribution in [0.15, 0.2) is 121 Å². The molecule has 0 atom stereocenters. The summed E-state index contributed by atoms with van der Waals surface area (Å²) in [7, 11) is 3.27. The maximum atomic E-state index is 5.49. The van der Waals surface area contributed by atoms with Crippen molar-refractivity contribution in [2.24, 2.45) is 0 Å². The minimum atomic E-state index is 0.694. The van der Waals surface area contributed by atoms with Gasteiger partial charge in [0.1, 0.15) is 11.5 Å². The lowest BCUT2D eigenvalue weighted by atomic mass is 9.92. The van der Waals surface area contributed by atoms with Crippen LogP contribution < -0.4 is 9.47 Å². The quantitative estimate of drug-likeness (QED) is 0.155. The molecule has 0 radical (unpaired) electrons. The molecule has 0 aliphatic carbocycles. The molecule has 44 heavy (non-hydrogen) atoms. The summed E-state index contributed by atoms with van der Waals surface area (Å²) in [5.74, 6) is 21.5. The van der Waals surface area contributed by atoms with Crippen molar-refractivity contribution in [2.45, 2.75) is 0 Å². The van der Waals surface area contributed by atoms with Gasteiger partial charge in [0.2, 0.25) is 0 Å². The zero-order chi connectivity index (χ0) is 29.9. The van der Waals surface area contributed by atoms with Gasteiger partial charge in [-0.15, -0.1) is 0 Å². The molecule has 0 saturated heterocycles. The molecule has 0 N–H and O–H groups in total. The molecule has 2 nitrogen and oxygen atoms in total. The molecule has 0 heterocycles. The smallest absolute Gasteiger partial charge is 0.134 e. The van der Waals surface area contributed by atoms with Crippen LogP contribution in [0.25, 0.3) is 32.3 Å². The number of hydrogen-bond acceptors (Lipinski definition) is 2. The maximum absolute atomic E-state index is 5.49. The van der Waals surface area contributed by atoms with E-state index in [1.54, 1.807) is 14.2 Å². The molecular formula is C42H26O2. The van der Waals surface area contributed by atoms with Crippen molar-refractivity contribution in [3.05, 3.63) is 155 Å². The lowest BCUT2D eigenvalue weighted by Gasteiger charge is -2.11. The summed E-state index contributed by atoms with van der Waals surface area (Å²) in [4.78, 5) is 0. The van der Waals surface area contributed by atoms with Gasteiger partial charge in [-0.05, 0) is 80.8 Å². The highest BCUT2D eigenvalue weighted by Gasteiger charge is 2.10. The van der Waals surface area contributed by atoms with E-state index in [-0.39, 0.29) is 0 Å². The van der Waals surface area contributed by atoms with E-state index in [9.17, 15) is 0 Å². The molecule has 7 rings (SSSR count). The maximum Gasteiger partial charge on any atom is 0.134 e. The van der Waals surface area contributed by atoms with Gasteiger partial charge >= 0.3 is 0 Å². The Morgan fingerprint density at radius 2 is 0.886 bits per heavy atom. The molecule has 7 aromatic carbocycles. The highest BCUT2D eigenvalue weighted by Crippen LogP contribution is 2.35. The normalized spacial score (nSPS) is 10.4. The molecule has 0 fully saturated rings. The number of hydrogen-bond donors (Lipinski definition) is 0. The van der Waals surface area contributed by atoms with Crippen LogP contribution in [-0.2, 0) is 0 Å². The third kappa shape index (κ3) is 5.05. The largest absolute Gasteiger partial charge is 0.497 e. The first-order valence-electron chi connectivity index (χ1n) is 14.3. The molecule has 206 valence electrons. The summed E-state index contributed by atoms with van der Waals surface area (Å²) in [5.41, 5.74) is 5.19. The van der Waals surface area contributed by atoms with Crippen molar-refractivity contribution >= 4 is 32.3 Å². The first-order chi connectivity index (χ1) is 21.7. The average Bonchev–Trinajstić information content (AvgIpc) is 3.08. The number of ether oxygens (including phenoxy) is 2. The van der Waals surface area contributed by atoms with E-state index in [0.29, 0.717) is 5.75 Å². The van der Waals surface area contributed by atoms with E-state index in [0.717, 1.165) is 39.1 Å². The third-order valence-corrected chi connectivity index (χ3v) is 7.78. The van der Waals surface area contributed by atoms with Crippen molar-refractivity contribution in [1.29, 1.82) is 0 Å². The summed E-state index contributed by atoms with van der Waals surface area (Å²) in [5, 5.41) is 7.46. The summed E-state index contributed by atoms with van der Waals surface area (Å²) in [6.07, 6.45) is 0.